The third kappa shape index (κ3) is 7.37. The van der Waals surface area contributed by atoms with E-state index in [0.717, 1.165) is 12.1 Å². The average molecular weight is 464 g/mol. The Balaban J connectivity index is 0.00000576. The first-order valence-corrected chi connectivity index (χ1v) is 7.87. The van der Waals surface area contributed by atoms with Crippen molar-refractivity contribution in [1.29, 1.82) is 0 Å². The van der Waals surface area contributed by atoms with Crippen molar-refractivity contribution < 1.29 is 14.3 Å². The fourth-order valence-corrected chi connectivity index (χ4v) is 1.88. The van der Waals surface area contributed by atoms with E-state index in [2.05, 4.69) is 15.6 Å². The summed E-state index contributed by atoms with van der Waals surface area (Å²) in [4.78, 5) is 15.9. The first-order valence-electron chi connectivity index (χ1n) is 7.87. The Labute approximate surface area is 166 Å². The Morgan fingerprint density at radius 3 is 2.36 bits per heavy atom. The fraction of sp³-hybridized carbons (Fsp3) is 0.529. The van der Waals surface area contributed by atoms with Crippen LogP contribution in [0.25, 0.3) is 0 Å². The summed E-state index contributed by atoms with van der Waals surface area (Å²) in [6, 6.07) is 5.67. The van der Waals surface area contributed by atoms with E-state index in [9.17, 15) is 4.79 Å². The Morgan fingerprint density at radius 1 is 1.20 bits per heavy atom. The third-order valence-corrected chi connectivity index (χ3v) is 3.58. The van der Waals surface area contributed by atoms with E-state index in [-0.39, 0.29) is 29.9 Å². The maximum Gasteiger partial charge on any atom is 0.224 e. The van der Waals surface area contributed by atoms with E-state index < -0.39 is 5.41 Å². The Bertz CT molecular complexity index is 591. The van der Waals surface area contributed by atoms with E-state index in [1.54, 1.807) is 28.1 Å². The van der Waals surface area contributed by atoms with Gasteiger partial charge in [-0.15, -0.1) is 24.0 Å². The molecule has 0 aliphatic heterocycles. The number of primary amides is 1. The summed E-state index contributed by atoms with van der Waals surface area (Å²) in [5, 5.41) is 6.29. The van der Waals surface area contributed by atoms with E-state index in [0.29, 0.717) is 30.5 Å². The third-order valence-electron chi connectivity index (χ3n) is 3.58. The Morgan fingerprint density at radius 2 is 1.84 bits per heavy atom. The Hall–Kier alpha value is -1.71. The molecule has 0 aliphatic carbocycles. The van der Waals surface area contributed by atoms with E-state index in [1.165, 1.54) is 0 Å². The molecule has 1 aromatic rings. The van der Waals surface area contributed by atoms with Crippen molar-refractivity contribution in [2.45, 2.75) is 27.3 Å². The highest BCUT2D eigenvalue weighted by atomic mass is 127. The topological polar surface area (TPSA) is 98.0 Å². The minimum absolute atomic E-state index is 0. The lowest BCUT2D eigenvalue weighted by atomic mass is 9.93. The van der Waals surface area contributed by atoms with Crippen molar-refractivity contribution in [3.8, 4) is 11.5 Å². The molecule has 4 N–H and O–H groups in total. The second-order valence-electron chi connectivity index (χ2n) is 5.99. The Kier molecular flexibility index (Phi) is 10.3. The van der Waals surface area contributed by atoms with Crippen LogP contribution >= 0.6 is 24.0 Å². The van der Waals surface area contributed by atoms with Gasteiger partial charge < -0.3 is 25.8 Å². The van der Waals surface area contributed by atoms with Gasteiger partial charge in [0.1, 0.15) is 0 Å². The van der Waals surface area contributed by atoms with Crippen molar-refractivity contribution in [3.05, 3.63) is 23.8 Å². The predicted molar refractivity (Wildman–Crippen MR) is 111 cm³/mol. The van der Waals surface area contributed by atoms with Crippen LogP contribution in [0.15, 0.2) is 23.2 Å². The van der Waals surface area contributed by atoms with Crippen molar-refractivity contribution in [2.75, 3.05) is 27.3 Å². The zero-order chi connectivity index (χ0) is 18.2. The molecule has 1 rings (SSSR count). The minimum atomic E-state index is -0.653. The van der Waals surface area contributed by atoms with Gasteiger partial charge in [0.05, 0.1) is 26.2 Å². The van der Waals surface area contributed by atoms with Crippen molar-refractivity contribution in [3.63, 3.8) is 0 Å². The van der Waals surface area contributed by atoms with Crippen LogP contribution in [-0.2, 0) is 11.3 Å². The molecule has 0 heterocycles. The molecule has 142 valence electrons. The molecule has 25 heavy (non-hydrogen) atoms. The average Bonchev–Trinajstić information content (AvgIpc) is 2.56. The van der Waals surface area contributed by atoms with Crippen LogP contribution < -0.4 is 25.8 Å². The largest absolute Gasteiger partial charge is 0.493 e. The van der Waals surface area contributed by atoms with E-state index in [1.807, 2.05) is 25.1 Å². The van der Waals surface area contributed by atoms with Crippen LogP contribution in [0.1, 0.15) is 26.3 Å². The molecule has 1 amide bonds. The SMILES string of the molecule is CCNC(=NCc1ccc(OC)c(OC)c1)NCC(C)(C)C(N)=O.I. The summed E-state index contributed by atoms with van der Waals surface area (Å²) < 4.78 is 10.5. The number of nitrogens with two attached hydrogens (primary N) is 1. The molecule has 0 radical (unpaired) electrons. The lowest BCUT2D eigenvalue weighted by Crippen LogP contribution is -2.46. The van der Waals surface area contributed by atoms with E-state index in [4.69, 9.17) is 15.2 Å². The molecule has 0 bridgehead atoms. The van der Waals surface area contributed by atoms with Gasteiger partial charge in [-0.25, -0.2) is 4.99 Å². The highest BCUT2D eigenvalue weighted by molar-refractivity contribution is 14.0. The highest BCUT2D eigenvalue weighted by Crippen LogP contribution is 2.27. The molecule has 1 aromatic carbocycles. The number of hydrogen-bond acceptors (Lipinski definition) is 4. The molecule has 0 aliphatic rings. The molecule has 7 nitrogen and oxygen atoms in total. The van der Waals surface area contributed by atoms with Gasteiger partial charge in [-0.05, 0) is 38.5 Å². The molecule has 0 atom stereocenters. The number of amides is 1. The van der Waals surface area contributed by atoms with Crippen molar-refractivity contribution in [2.24, 2.45) is 16.1 Å². The summed E-state index contributed by atoms with van der Waals surface area (Å²) in [6.07, 6.45) is 0. The van der Waals surface area contributed by atoms with E-state index >= 15 is 0 Å². The van der Waals surface area contributed by atoms with Crippen LogP contribution in [0.2, 0.25) is 0 Å². The van der Waals surface area contributed by atoms with Gasteiger partial charge >= 0.3 is 0 Å². The van der Waals surface area contributed by atoms with Crippen LogP contribution in [0.3, 0.4) is 0 Å². The number of aliphatic imine (C=N–C) groups is 1. The lowest BCUT2D eigenvalue weighted by molar-refractivity contribution is -0.125. The summed E-state index contributed by atoms with van der Waals surface area (Å²) >= 11 is 0. The first kappa shape index (κ1) is 23.3. The molecular weight excluding hydrogens is 435 g/mol. The molecule has 0 unspecified atom stereocenters. The molecule has 0 aromatic heterocycles. The summed E-state index contributed by atoms with van der Waals surface area (Å²) in [7, 11) is 3.20. The zero-order valence-corrected chi connectivity index (χ0v) is 17.8. The van der Waals surface area contributed by atoms with Gasteiger partial charge in [-0.3, -0.25) is 4.79 Å². The number of hydrogen-bond donors (Lipinski definition) is 3. The van der Waals surface area contributed by atoms with Crippen molar-refractivity contribution >= 4 is 35.8 Å². The van der Waals surface area contributed by atoms with Gasteiger partial charge in [0.25, 0.3) is 0 Å². The number of carbonyl (C=O) groups excluding carboxylic acids is 1. The van der Waals surface area contributed by atoms with Crippen molar-refractivity contribution in [1.82, 2.24) is 10.6 Å². The molecule has 0 spiro atoms. The minimum Gasteiger partial charge on any atom is -0.493 e. The number of rotatable bonds is 8. The summed E-state index contributed by atoms with van der Waals surface area (Å²) in [5.41, 5.74) is 5.72. The van der Waals surface area contributed by atoms with Gasteiger partial charge in [0.15, 0.2) is 17.5 Å². The smallest absolute Gasteiger partial charge is 0.224 e. The maximum absolute atomic E-state index is 11.4. The van der Waals surface area contributed by atoms with Crippen LogP contribution in [0.5, 0.6) is 11.5 Å². The normalized spacial score (nSPS) is 11.3. The second kappa shape index (κ2) is 11.0. The standard InChI is InChI=1S/C17H28N4O3.HI/c1-6-19-16(21-11-17(2,3)15(18)22)20-10-12-7-8-13(23-4)14(9-12)24-5;/h7-9H,6,10-11H2,1-5H3,(H2,18,22)(H2,19,20,21);1H. The molecule has 8 heteroatoms. The molecule has 0 fully saturated rings. The monoisotopic (exact) mass is 464 g/mol. The zero-order valence-electron chi connectivity index (χ0n) is 15.5. The number of halogens is 1. The van der Waals surface area contributed by atoms with Crippen LogP contribution in [0.4, 0.5) is 0 Å². The second-order valence-corrected chi connectivity index (χ2v) is 5.99. The quantitative estimate of drug-likeness (QED) is 0.310. The number of nitrogens with one attached hydrogen (secondary N) is 2. The lowest BCUT2D eigenvalue weighted by Gasteiger charge is -2.22. The van der Waals surface area contributed by atoms with Gasteiger partial charge in [0, 0.05) is 13.1 Å². The number of benzene rings is 1. The summed E-state index contributed by atoms with van der Waals surface area (Å²) in [6.45, 7) is 7.15. The first-order chi connectivity index (χ1) is 11.3. The van der Waals surface area contributed by atoms with Gasteiger partial charge in [-0.1, -0.05) is 6.07 Å². The van der Waals surface area contributed by atoms with Crippen LogP contribution in [-0.4, -0.2) is 39.2 Å². The number of nitrogens with zero attached hydrogens (tertiary/aromatic N) is 1. The number of carbonyl (C=O) groups is 1. The van der Waals surface area contributed by atoms with Crippen LogP contribution in [0, 0.1) is 5.41 Å². The number of ether oxygens (including phenoxy) is 2. The molecular formula is C17H29IN4O3. The highest BCUT2D eigenvalue weighted by Gasteiger charge is 2.24. The number of guanidine groups is 1. The molecule has 0 saturated heterocycles. The van der Waals surface area contributed by atoms with Gasteiger partial charge in [-0.2, -0.15) is 0 Å². The van der Waals surface area contributed by atoms with Gasteiger partial charge in [0.2, 0.25) is 5.91 Å². The predicted octanol–water partition coefficient (Wildman–Crippen LogP) is 1.89. The number of methoxy groups -OCH3 is 2. The summed E-state index contributed by atoms with van der Waals surface area (Å²) in [5.74, 6) is 1.61. The molecule has 0 saturated carbocycles. The maximum atomic E-state index is 11.4. The fourth-order valence-electron chi connectivity index (χ4n) is 1.88.